The molecule has 1 heterocycles. The van der Waals surface area contributed by atoms with Crippen molar-refractivity contribution in [2.45, 2.75) is 0 Å². The van der Waals surface area contributed by atoms with E-state index in [2.05, 4.69) is 5.32 Å². The monoisotopic (exact) mass is 147 g/mol. The number of nitrogens with zero attached hydrogens (tertiary/aromatic N) is 2. The number of amides is 2. The molecule has 55 valence electrons. The molecule has 1 aromatic carbocycles. The molecule has 0 saturated carbocycles. The van der Waals surface area contributed by atoms with Crippen LogP contribution in [0, 0.1) is 0 Å². The van der Waals surface area contributed by atoms with Gasteiger partial charge in [0.25, 0.3) is 0 Å². The second-order valence-corrected chi connectivity index (χ2v) is 2.44. The quantitative estimate of drug-likeness (QED) is 0.547. The first kappa shape index (κ1) is 6.22. The van der Waals surface area contributed by atoms with Crippen LogP contribution in [0.4, 0.5) is 16.2 Å². The number of rotatable bonds is 0. The van der Waals surface area contributed by atoms with E-state index in [0.29, 0.717) is 0 Å². The fraction of sp³-hybridized carbons (Fsp3) is 0.125. The first-order valence-corrected chi connectivity index (χ1v) is 3.37. The Bertz CT molecular complexity index is 309. The van der Waals surface area contributed by atoms with Gasteiger partial charge in [-0.3, -0.25) is 4.90 Å². The smallest absolute Gasteiger partial charge is 0.293 e. The van der Waals surface area contributed by atoms with E-state index in [1.807, 2.05) is 24.3 Å². The first-order valence-electron chi connectivity index (χ1n) is 3.37. The van der Waals surface area contributed by atoms with Crippen molar-refractivity contribution < 1.29 is 4.79 Å². The Balaban J connectivity index is 2.55. The Morgan fingerprint density at radius 2 is 2.09 bits per heavy atom. The Labute approximate surface area is 64.6 Å². The molecular weight excluding hydrogens is 140 g/mol. The topological polar surface area (TPSA) is 34.4 Å². The summed E-state index contributed by atoms with van der Waals surface area (Å²) in [6.07, 6.45) is 0. The second-order valence-electron chi connectivity index (χ2n) is 2.44. The molecule has 0 aliphatic carbocycles. The summed E-state index contributed by atoms with van der Waals surface area (Å²) in [7, 11) is 1.72. The van der Waals surface area contributed by atoms with Crippen LogP contribution in [-0.2, 0) is 0 Å². The summed E-state index contributed by atoms with van der Waals surface area (Å²) < 4.78 is 0. The second kappa shape index (κ2) is 1.99. The van der Waals surface area contributed by atoms with Gasteiger partial charge in [-0.1, -0.05) is 12.1 Å². The number of carbonyl (C=O) groups is 1. The molecule has 0 spiro atoms. The predicted molar refractivity (Wildman–Crippen MR) is 42.0 cm³/mol. The highest BCUT2D eigenvalue weighted by Crippen LogP contribution is 2.30. The zero-order chi connectivity index (χ0) is 7.84. The Morgan fingerprint density at radius 1 is 1.36 bits per heavy atom. The molecule has 2 amide bonds. The molecule has 0 aromatic heterocycles. The van der Waals surface area contributed by atoms with Gasteiger partial charge in [0.05, 0.1) is 11.4 Å². The zero-order valence-corrected chi connectivity index (χ0v) is 6.11. The lowest BCUT2D eigenvalue weighted by Gasteiger charge is -2.05. The fourth-order valence-corrected chi connectivity index (χ4v) is 1.12. The molecular formula is C8H7N2O. The first-order chi connectivity index (χ1) is 5.29. The van der Waals surface area contributed by atoms with Crippen molar-refractivity contribution in [1.82, 2.24) is 5.32 Å². The lowest BCUT2D eigenvalue weighted by molar-refractivity contribution is 0.252. The van der Waals surface area contributed by atoms with Gasteiger partial charge in [0.1, 0.15) is 0 Å². The lowest BCUT2D eigenvalue weighted by Crippen LogP contribution is -2.22. The van der Waals surface area contributed by atoms with Crippen molar-refractivity contribution >= 4 is 17.4 Å². The number of fused-ring (bicyclic) bond motifs is 1. The molecule has 0 saturated heterocycles. The summed E-state index contributed by atoms with van der Waals surface area (Å²) in [6, 6.07) is 7.28. The van der Waals surface area contributed by atoms with Gasteiger partial charge < -0.3 is 0 Å². The minimum atomic E-state index is -0.189. The molecule has 3 nitrogen and oxygen atoms in total. The van der Waals surface area contributed by atoms with Gasteiger partial charge in [0.2, 0.25) is 0 Å². The Morgan fingerprint density at radius 3 is 2.82 bits per heavy atom. The fourth-order valence-electron chi connectivity index (χ4n) is 1.12. The van der Waals surface area contributed by atoms with Crippen molar-refractivity contribution in [1.29, 1.82) is 0 Å². The molecule has 0 N–H and O–H groups in total. The van der Waals surface area contributed by atoms with Gasteiger partial charge in [-0.05, 0) is 12.1 Å². The van der Waals surface area contributed by atoms with Gasteiger partial charge in [0.15, 0.2) is 0 Å². The van der Waals surface area contributed by atoms with Gasteiger partial charge in [-0.15, -0.1) is 0 Å². The third-order valence-corrected chi connectivity index (χ3v) is 1.75. The maximum atomic E-state index is 11.0. The van der Waals surface area contributed by atoms with Crippen molar-refractivity contribution in [3.63, 3.8) is 0 Å². The van der Waals surface area contributed by atoms with Crippen LogP contribution in [0.25, 0.3) is 0 Å². The Hall–Kier alpha value is -1.51. The molecule has 2 rings (SSSR count). The maximum absolute atomic E-state index is 11.0. The van der Waals surface area contributed by atoms with Crippen molar-refractivity contribution in [2.75, 3.05) is 11.9 Å². The van der Waals surface area contributed by atoms with Gasteiger partial charge in [0, 0.05) is 7.05 Å². The van der Waals surface area contributed by atoms with E-state index in [1.54, 1.807) is 7.05 Å². The summed E-state index contributed by atoms with van der Waals surface area (Å²) in [4.78, 5) is 12.5. The van der Waals surface area contributed by atoms with Gasteiger partial charge >= 0.3 is 6.03 Å². The number of hydrogen-bond donors (Lipinski definition) is 0. The van der Waals surface area contributed by atoms with Crippen LogP contribution < -0.4 is 10.2 Å². The number of anilines is 1. The summed E-state index contributed by atoms with van der Waals surface area (Å²) in [6.45, 7) is 0. The molecule has 1 aromatic rings. The lowest BCUT2D eigenvalue weighted by atomic mass is 10.3. The van der Waals surface area contributed by atoms with E-state index >= 15 is 0 Å². The van der Waals surface area contributed by atoms with Crippen LogP contribution in [-0.4, -0.2) is 13.1 Å². The number of hydrogen-bond acceptors (Lipinski definition) is 1. The zero-order valence-electron chi connectivity index (χ0n) is 6.11. The van der Waals surface area contributed by atoms with E-state index in [1.165, 1.54) is 4.90 Å². The van der Waals surface area contributed by atoms with E-state index in [9.17, 15) is 4.79 Å². The maximum Gasteiger partial charge on any atom is 0.348 e. The largest absolute Gasteiger partial charge is 0.348 e. The third kappa shape index (κ3) is 0.774. The van der Waals surface area contributed by atoms with E-state index in [4.69, 9.17) is 0 Å². The van der Waals surface area contributed by atoms with Gasteiger partial charge in [-0.2, -0.15) is 5.32 Å². The molecule has 0 fully saturated rings. The van der Waals surface area contributed by atoms with E-state index in [-0.39, 0.29) is 6.03 Å². The average molecular weight is 147 g/mol. The SMILES string of the molecule is CN1C(=O)[N]c2ccccc21. The normalized spacial score (nSPS) is 14.6. The van der Waals surface area contributed by atoms with Crippen LogP contribution in [0.15, 0.2) is 24.3 Å². The van der Waals surface area contributed by atoms with Crippen LogP contribution in [0.5, 0.6) is 0 Å². The highest BCUT2D eigenvalue weighted by Gasteiger charge is 2.23. The van der Waals surface area contributed by atoms with Crippen molar-refractivity contribution in [3.05, 3.63) is 24.3 Å². The number of carbonyl (C=O) groups excluding carboxylic acids is 1. The number of para-hydroxylation sites is 2. The number of urea groups is 1. The molecule has 0 unspecified atom stereocenters. The standard InChI is InChI=1S/C8H7N2O/c1-10-7-5-3-2-4-6(7)9-8(10)11/h2-5H,1H3. The summed E-state index contributed by atoms with van der Waals surface area (Å²) in [5.74, 6) is 0. The highest BCUT2D eigenvalue weighted by molar-refractivity contribution is 6.03. The average Bonchev–Trinajstić information content (AvgIpc) is 2.30. The summed E-state index contributed by atoms with van der Waals surface area (Å²) in [5.41, 5.74) is 1.65. The summed E-state index contributed by atoms with van der Waals surface area (Å²) in [5, 5.41) is 3.82. The van der Waals surface area contributed by atoms with Gasteiger partial charge in [-0.25, -0.2) is 4.79 Å². The number of benzene rings is 1. The van der Waals surface area contributed by atoms with Crippen LogP contribution >= 0.6 is 0 Å². The van der Waals surface area contributed by atoms with Crippen LogP contribution in [0.2, 0.25) is 0 Å². The molecule has 3 heteroatoms. The summed E-state index contributed by atoms with van der Waals surface area (Å²) >= 11 is 0. The van der Waals surface area contributed by atoms with Crippen LogP contribution in [0.1, 0.15) is 0 Å². The molecule has 0 bridgehead atoms. The highest BCUT2D eigenvalue weighted by atomic mass is 16.2. The minimum absolute atomic E-state index is 0.189. The third-order valence-electron chi connectivity index (χ3n) is 1.75. The van der Waals surface area contributed by atoms with E-state index < -0.39 is 0 Å². The van der Waals surface area contributed by atoms with E-state index in [0.717, 1.165) is 11.4 Å². The molecule has 0 atom stereocenters. The molecule has 11 heavy (non-hydrogen) atoms. The van der Waals surface area contributed by atoms with Crippen molar-refractivity contribution in [3.8, 4) is 0 Å². The molecule has 1 radical (unpaired) electrons. The van der Waals surface area contributed by atoms with Crippen LogP contribution in [0.3, 0.4) is 0 Å². The van der Waals surface area contributed by atoms with Crippen molar-refractivity contribution in [2.24, 2.45) is 0 Å². The Kier molecular flexibility index (Phi) is 1.12. The predicted octanol–water partition coefficient (Wildman–Crippen LogP) is 1.49. The molecule has 1 aliphatic rings. The molecule has 1 aliphatic heterocycles. The minimum Gasteiger partial charge on any atom is -0.293 e.